The van der Waals surface area contributed by atoms with Gasteiger partial charge < -0.3 is 19.9 Å². The first kappa shape index (κ1) is 21.2. The largest absolute Gasteiger partial charge is 0.493 e. The van der Waals surface area contributed by atoms with Crippen molar-refractivity contribution >= 4 is 22.5 Å². The number of hydrogen-bond acceptors (Lipinski definition) is 6. The molecule has 2 aromatic heterocycles. The Morgan fingerprint density at radius 1 is 1.29 bits per heavy atom. The highest BCUT2D eigenvalue weighted by molar-refractivity contribution is 5.92. The Morgan fingerprint density at radius 2 is 2.18 bits per heavy atom. The average molecular weight is 460 g/mol. The molecule has 8 nitrogen and oxygen atoms in total. The van der Waals surface area contributed by atoms with Crippen molar-refractivity contribution in [2.75, 3.05) is 38.2 Å². The van der Waals surface area contributed by atoms with Crippen molar-refractivity contribution in [3.05, 3.63) is 63.7 Å². The highest BCUT2D eigenvalue weighted by atomic mass is 16.5. The van der Waals surface area contributed by atoms with Gasteiger partial charge in [-0.25, -0.2) is 4.98 Å². The van der Waals surface area contributed by atoms with Gasteiger partial charge >= 0.3 is 0 Å². The van der Waals surface area contributed by atoms with Gasteiger partial charge in [-0.2, -0.15) is 0 Å². The van der Waals surface area contributed by atoms with E-state index in [9.17, 15) is 9.59 Å². The maximum Gasteiger partial charge on any atom is 0.269 e. The van der Waals surface area contributed by atoms with Crippen LogP contribution in [0.15, 0.2) is 41.3 Å². The lowest BCUT2D eigenvalue weighted by atomic mass is 10.0. The number of amides is 1. The number of piperazine rings is 1. The Bertz CT molecular complexity index is 1330. The molecule has 2 fully saturated rings. The van der Waals surface area contributed by atoms with Gasteiger partial charge in [0.1, 0.15) is 11.4 Å². The number of aromatic nitrogens is 2. The Kier molecular flexibility index (Phi) is 4.88. The lowest BCUT2D eigenvalue weighted by Gasteiger charge is -2.44. The first-order valence-electron chi connectivity index (χ1n) is 12.0. The normalized spacial score (nSPS) is 23.7. The minimum absolute atomic E-state index is 0.00917. The van der Waals surface area contributed by atoms with Crippen molar-refractivity contribution in [2.24, 2.45) is 5.92 Å². The summed E-state index contributed by atoms with van der Waals surface area (Å²) in [4.78, 5) is 36.6. The lowest BCUT2D eigenvalue weighted by molar-refractivity contribution is 0.0958. The van der Waals surface area contributed by atoms with Gasteiger partial charge in [-0.3, -0.25) is 14.5 Å². The Balaban J connectivity index is 1.27. The van der Waals surface area contributed by atoms with Crippen molar-refractivity contribution in [2.45, 2.75) is 31.8 Å². The number of rotatable bonds is 3. The average Bonchev–Trinajstić information content (AvgIpc) is 3.53. The van der Waals surface area contributed by atoms with Crippen LogP contribution in [0.1, 0.15) is 35.0 Å². The number of aromatic amines is 1. The van der Waals surface area contributed by atoms with Crippen LogP contribution in [0.25, 0.3) is 10.9 Å². The molecule has 4 heterocycles. The van der Waals surface area contributed by atoms with E-state index >= 15 is 0 Å². The molecular formula is C26H29N5O3. The van der Waals surface area contributed by atoms with Crippen LogP contribution >= 0.6 is 0 Å². The highest BCUT2D eigenvalue weighted by Crippen LogP contribution is 2.53. The van der Waals surface area contributed by atoms with E-state index < -0.39 is 0 Å². The third-order valence-corrected chi connectivity index (χ3v) is 7.79. The Hall–Kier alpha value is -3.39. The second-order valence-electron chi connectivity index (χ2n) is 9.66. The van der Waals surface area contributed by atoms with E-state index in [0.29, 0.717) is 24.6 Å². The molecule has 1 spiro atoms. The maximum atomic E-state index is 12.4. The number of hydrogen-bond donors (Lipinski definition) is 2. The summed E-state index contributed by atoms with van der Waals surface area (Å²) in [6.45, 7) is 6.26. The minimum atomic E-state index is -0.173. The number of aryl methyl sites for hydroxylation is 1. The van der Waals surface area contributed by atoms with Crippen LogP contribution in [0.4, 0.5) is 5.69 Å². The van der Waals surface area contributed by atoms with Crippen LogP contribution in [-0.2, 0) is 13.0 Å². The zero-order valence-electron chi connectivity index (χ0n) is 19.6. The third-order valence-electron chi connectivity index (χ3n) is 7.79. The van der Waals surface area contributed by atoms with E-state index in [1.165, 1.54) is 0 Å². The second kappa shape index (κ2) is 7.84. The molecule has 2 atom stereocenters. The molecule has 1 amide bonds. The predicted molar refractivity (Wildman–Crippen MR) is 131 cm³/mol. The number of benzene rings is 1. The summed E-state index contributed by atoms with van der Waals surface area (Å²) in [7, 11) is 1.61. The number of anilines is 1. The van der Waals surface area contributed by atoms with Gasteiger partial charge in [0.2, 0.25) is 0 Å². The monoisotopic (exact) mass is 459 g/mol. The van der Waals surface area contributed by atoms with Crippen molar-refractivity contribution in [1.82, 2.24) is 20.2 Å². The van der Waals surface area contributed by atoms with Crippen LogP contribution in [-0.4, -0.2) is 59.6 Å². The van der Waals surface area contributed by atoms with Gasteiger partial charge in [0.15, 0.2) is 0 Å². The minimum Gasteiger partial charge on any atom is -0.493 e. The summed E-state index contributed by atoms with van der Waals surface area (Å²) in [6.07, 6.45) is 3.62. The molecular weight excluding hydrogens is 430 g/mol. The fourth-order valence-electron chi connectivity index (χ4n) is 5.67. The van der Waals surface area contributed by atoms with Gasteiger partial charge in [-0.1, -0.05) is 6.92 Å². The van der Waals surface area contributed by atoms with Gasteiger partial charge in [0.25, 0.3) is 11.5 Å². The molecule has 1 unspecified atom stereocenters. The number of ether oxygens (including phenoxy) is 1. The van der Waals surface area contributed by atoms with Crippen LogP contribution < -0.4 is 20.5 Å². The summed E-state index contributed by atoms with van der Waals surface area (Å²) >= 11 is 0. The summed E-state index contributed by atoms with van der Waals surface area (Å²) in [5.74, 6) is 1.24. The predicted octanol–water partition coefficient (Wildman–Crippen LogP) is 2.32. The van der Waals surface area contributed by atoms with E-state index in [4.69, 9.17) is 4.74 Å². The van der Waals surface area contributed by atoms with Gasteiger partial charge in [0, 0.05) is 66.7 Å². The molecule has 6 rings (SSSR count). The van der Waals surface area contributed by atoms with Crippen molar-refractivity contribution < 1.29 is 9.53 Å². The topological polar surface area (TPSA) is 90.6 Å². The number of H-pyrrole nitrogens is 1. The maximum absolute atomic E-state index is 12.4. The molecule has 2 N–H and O–H groups in total. The third kappa shape index (κ3) is 3.36. The molecule has 0 bridgehead atoms. The second-order valence-corrected chi connectivity index (χ2v) is 9.66. The van der Waals surface area contributed by atoms with Gasteiger partial charge in [0.05, 0.1) is 18.5 Å². The van der Waals surface area contributed by atoms with Gasteiger partial charge in [-0.15, -0.1) is 0 Å². The molecule has 1 aliphatic carbocycles. The summed E-state index contributed by atoms with van der Waals surface area (Å²) in [6, 6.07) is 9.94. The number of nitrogens with one attached hydrogen (secondary N) is 2. The zero-order valence-corrected chi connectivity index (χ0v) is 19.6. The lowest BCUT2D eigenvalue weighted by Crippen LogP contribution is -2.56. The Morgan fingerprint density at radius 3 is 2.94 bits per heavy atom. The standard InChI is InChI=1S/C26H29N5O3/c1-3-16-8-17-10-23-18(9-22(17)29-24(16)32)13-31-7-6-30(15-26(31)11-19(26)14-34-23)20-4-5-21(28-12-20)25(33)27-2/h4-5,8-10,12,19H,3,6-7,11,13-15H2,1-2H3,(H,27,33)(H,29,32)/t19-,26?/m0/s1. The summed E-state index contributed by atoms with van der Waals surface area (Å²) in [5, 5.41) is 3.64. The van der Waals surface area contributed by atoms with E-state index in [0.717, 1.165) is 66.1 Å². The van der Waals surface area contributed by atoms with Crippen LogP contribution in [0.5, 0.6) is 5.75 Å². The smallest absolute Gasteiger partial charge is 0.269 e. The summed E-state index contributed by atoms with van der Waals surface area (Å²) < 4.78 is 6.34. The first-order valence-corrected chi connectivity index (χ1v) is 12.0. The molecule has 8 heteroatoms. The number of nitrogens with zero attached hydrogens (tertiary/aromatic N) is 3. The van der Waals surface area contributed by atoms with E-state index in [-0.39, 0.29) is 17.0 Å². The Labute approximate surface area is 197 Å². The number of fused-ring (bicyclic) bond motifs is 2. The molecule has 34 heavy (non-hydrogen) atoms. The molecule has 176 valence electrons. The van der Waals surface area contributed by atoms with E-state index in [2.05, 4.69) is 37.2 Å². The molecule has 1 aromatic carbocycles. The highest BCUT2D eigenvalue weighted by Gasteiger charge is 2.61. The first-order chi connectivity index (χ1) is 16.5. The molecule has 1 saturated carbocycles. The van der Waals surface area contributed by atoms with Gasteiger partial charge in [-0.05, 0) is 43.2 Å². The molecule has 3 aliphatic rings. The fraction of sp³-hybridized carbons (Fsp3) is 0.423. The van der Waals surface area contributed by atoms with Crippen LogP contribution in [0, 0.1) is 5.92 Å². The molecule has 0 radical (unpaired) electrons. The fourth-order valence-corrected chi connectivity index (χ4v) is 5.67. The summed E-state index contributed by atoms with van der Waals surface area (Å²) in [5.41, 5.74) is 4.35. The zero-order chi connectivity index (χ0) is 23.4. The SMILES string of the molecule is CCc1cc2cc3c(cc2[nH]c1=O)CN1CCN(c2ccc(C(=O)NC)nc2)CC12C[C@H]2CO3. The molecule has 1 saturated heterocycles. The van der Waals surface area contributed by atoms with Crippen LogP contribution in [0.2, 0.25) is 0 Å². The van der Waals surface area contributed by atoms with E-state index in [1.807, 2.05) is 19.1 Å². The van der Waals surface area contributed by atoms with E-state index in [1.54, 1.807) is 19.3 Å². The number of carbonyl (C=O) groups excluding carboxylic acids is 1. The van der Waals surface area contributed by atoms with Crippen LogP contribution in [0.3, 0.4) is 0 Å². The van der Waals surface area contributed by atoms with Crippen molar-refractivity contribution in [3.8, 4) is 5.75 Å². The quantitative estimate of drug-likeness (QED) is 0.625. The molecule has 2 aliphatic heterocycles. The number of carbonyl (C=O) groups is 1. The van der Waals surface area contributed by atoms with Crippen molar-refractivity contribution in [3.63, 3.8) is 0 Å². The van der Waals surface area contributed by atoms with Crippen molar-refractivity contribution in [1.29, 1.82) is 0 Å². The molecule has 3 aromatic rings. The number of pyridine rings is 2.